The molecule has 1 unspecified atom stereocenters. The number of carbonyl (C=O) groups is 1. The first-order valence-corrected chi connectivity index (χ1v) is 10.9. The number of hydrogen-bond acceptors (Lipinski definition) is 5. The molecule has 1 N–H and O–H groups in total. The Bertz CT molecular complexity index is 1340. The van der Waals surface area contributed by atoms with E-state index in [0.29, 0.717) is 29.6 Å². The second kappa shape index (κ2) is 9.28. The van der Waals surface area contributed by atoms with Gasteiger partial charge in [0.25, 0.3) is 5.56 Å². The van der Waals surface area contributed by atoms with Gasteiger partial charge < -0.3 is 10.1 Å². The number of amides is 1. The van der Waals surface area contributed by atoms with Crippen LogP contribution in [-0.2, 0) is 11.3 Å². The third kappa shape index (κ3) is 4.24. The molecule has 4 rings (SSSR count). The van der Waals surface area contributed by atoms with E-state index >= 15 is 0 Å². The molecular weight excluding hydrogens is 418 g/mol. The van der Waals surface area contributed by atoms with E-state index in [1.54, 1.807) is 11.8 Å². The van der Waals surface area contributed by atoms with Crippen LogP contribution in [0.25, 0.3) is 16.6 Å². The SMILES string of the molecule is CCC(C(=O)NCc1ccc(OC)cc1)n1nc(C)c2c(C)n(-c3ccccc3)nc2c1=O. The highest BCUT2D eigenvalue weighted by molar-refractivity contribution is 5.84. The fourth-order valence-corrected chi connectivity index (χ4v) is 4.00. The van der Waals surface area contributed by atoms with Gasteiger partial charge in [-0.25, -0.2) is 9.36 Å². The van der Waals surface area contributed by atoms with Gasteiger partial charge >= 0.3 is 0 Å². The van der Waals surface area contributed by atoms with E-state index in [1.165, 1.54) is 4.68 Å². The van der Waals surface area contributed by atoms with Crippen LogP contribution in [0.2, 0.25) is 0 Å². The van der Waals surface area contributed by atoms with E-state index in [2.05, 4.69) is 15.5 Å². The Morgan fingerprint density at radius 3 is 2.39 bits per heavy atom. The summed E-state index contributed by atoms with van der Waals surface area (Å²) in [6.07, 6.45) is 0.421. The summed E-state index contributed by atoms with van der Waals surface area (Å²) >= 11 is 0. The van der Waals surface area contributed by atoms with Crippen molar-refractivity contribution in [1.82, 2.24) is 24.9 Å². The fraction of sp³-hybridized carbons (Fsp3) is 0.280. The summed E-state index contributed by atoms with van der Waals surface area (Å²) in [5, 5.41) is 12.7. The maximum absolute atomic E-state index is 13.4. The molecule has 0 bridgehead atoms. The fourth-order valence-electron chi connectivity index (χ4n) is 4.00. The van der Waals surface area contributed by atoms with Gasteiger partial charge in [0.15, 0.2) is 5.52 Å². The highest BCUT2D eigenvalue weighted by Crippen LogP contribution is 2.22. The first-order chi connectivity index (χ1) is 15.9. The van der Waals surface area contributed by atoms with Gasteiger partial charge in [0.2, 0.25) is 5.91 Å². The van der Waals surface area contributed by atoms with Crippen molar-refractivity contribution in [3.8, 4) is 11.4 Å². The molecule has 0 saturated heterocycles. The molecule has 0 radical (unpaired) electrons. The predicted octanol–water partition coefficient (Wildman–Crippen LogP) is 3.48. The molecule has 1 atom stereocenters. The molecule has 2 aromatic carbocycles. The van der Waals surface area contributed by atoms with E-state index in [-0.39, 0.29) is 11.5 Å². The van der Waals surface area contributed by atoms with Gasteiger partial charge in [0.05, 0.1) is 29.6 Å². The van der Waals surface area contributed by atoms with Gasteiger partial charge in [-0.1, -0.05) is 37.3 Å². The van der Waals surface area contributed by atoms with Crippen molar-refractivity contribution in [2.75, 3.05) is 7.11 Å². The molecular formula is C25H27N5O3. The molecule has 8 nitrogen and oxygen atoms in total. The zero-order valence-corrected chi connectivity index (χ0v) is 19.2. The van der Waals surface area contributed by atoms with Crippen molar-refractivity contribution in [2.24, 2.45) is 0 Å². The minimum atomic E-state index is -0.735. The monoisotopic (exact) mass is 445 g/mol. The lowest BCUT2D eigenvalue weighted by atomic mass is 10.1. The first kappa shape index (κ1) is 22.3. The Hall–Kier alpha value is -3.94. The average molecular weight is 446 g/mol. The standard InChI is InChI=1S/C25H27N5O3/c1-5-21(24(31)26-15-18-11-13-20(33-4)14-12-18)30-25(32)23-22(16(2)27-30)17(3)29(28-23)19-9-7-6-8-10-19/h6-14,21H,5,15H2,1-4H3,(H,26,31). The molecule has 0 aliphatic heterocycles. The second-order valence-corrected chi connectivity index (χ2v) is 7.88. The molecule has 33 heavy (non-hydrogen) atoms. The number of para-hydroxylation sites is 1. The van der Waals surface area contributed by atoms with Crippen LogP contribution in [0, 0.1) is 13.8 Å². The summed E-state index contributed by atoms with van der Waals surface area (Å²) in [6, 6.07) is 16.4. The largest absolute Gasteiger partial charge is 0.497 e. The normalized spacial score (nSPS) is 12.0. The lowest BCUT2D eigenvalue weighted by Gasteiger charge is -2.17. The zero-order valence-electron chi connectivity index (χ0n) is 19.2. The maximum Gasteiger partial charge on any atom is 0.295 e. The third-order valence-electron chi connectivity index (χ3n) is 5.76. The van der Waals surface area contributed by atoms with Gasteiger partial charge in [-0.05, 0) is 50.1 Å². The van der Waals surface area contributed by atoms with E-state index in [1.807, 2.05) is 75.4 Å². The molecule has 2 aromatic heterocycles. The van der Waals surface area contributed by atoms with Crippen LogP contribution in [0.3, 0.4) is 0 Å². The number of ether oxygens (including phenoxy) is 1. The average Bonchev–Trinajstić information content (AvgIpc) is 3.20. The van der Waals surface area contributed by atoms with E-state index in [4.69, 9.17) is 4.74 Å². The molecule has 0 aliphatic carbocycles. The van der Waals surface area contributed by atoms with Crippen LogP contribution in [-0.4, -0.2) is 32.6 Å². The van der Waals surface area contributed by atoms with Crippen LogP contribution in [0.15, 0.2) is 59.4 Å². The van der Waals surface area contributed by atoms with Gasteiger partial charge in [-0.2, -0.15) is 10.2 Å². The molecule has 170 valence electrons. The van der Waals surface area contributed by atoms with Crippen LogP contribution in [0.5, 0.6) is 5.75 Å². The number of methoxy groups -OCH3 is 1. The first-order valence-electron chi connectivity index (χ1n) is 10.9. The molecule has 2 heterocycles. The number of aromatic nitrogens is 4. The van der Waals surface area contributed by atoms with Crippen molar-refractivity contribution >= 4 is 16.8 Å². The Morgan fingerprint density at radius 1 is 1.06 bits per heavy atom. The summed E-state index contributed by atoms with van der Waals surface area (Å²) in [6.45, 7) is 5.96. The Labute approximate surface area is 191 Å². The van der Waals surface area contributed by atoms with Crippen LogP contribution < -0.4 is 15.6 Å². The number of nitrogens with one attached hydrogen (secondary N) is 1. The number of nitrogens with zero attached hydrogens (tertiary/aromatic N) is 4. The molecule has 0 saturated carbocycles. The topological polar surface area (TPSA) is 91.0 Å². The lowest BCUT2D eigenvalue weighted by molar-refractivity contribution is -0.125. The number of carbonyl (C=O) groups excluding carboxylic acids is 1. The summed E-state index contributed by atoms with van der Waals surface area (Å²) in [5.41, 5.74) is 3.22. The molecule has 0 fully saturated rings. The van der Waals surface area contributed by atoms with Crippen LogP contribution in [0.4, 0.5) is 0 Å². The van der Waals surface area contributed by atoms with Crippen molar-refractivity contribution in [3.63, 3.8) is 0 Å². The number of hydrogen-bond donors (Lipinski definition) is 1. The van der Waals surface area contributed by atoms with Crippen molar-refractivity contribution in [1.29, 1.82) is 0 Å². The van der Waals surface area contributed by atoms with Crippen LogP contribution in [0.1, 0.15) is 36.3 Å². The minimum absolute atomic E-state index is 0.263. The Morgan fingerprint density at radius 2 is 1.76 bits per heavy atom. The van der Waals surface area contributed by atoms with Gasteiger partial charge in [-0.3, -0.25) is 9.59 Å². The summed E-state index contributed by atoms with van der Waals surface area (Å²) < 4.78 is 8.18. The molecule has 0 spiro atoms. The van der Waals surface area contributed by atoms with Crippen molar-refractivity contribution < 1.29 is 9.53 Å². The van der Waals surface area contributed by atoms with E-state index in [9.17, 15) is 9.59 Å². The van der Waals surface area contributed by atoms with Crippen LogP contribution >= 0.6 is 0 Å². The number of aryl methyl sites for hydroxylation is 2. The number of benzene rings is 2. The van der Waals surface area contributed by atoms with Gasteiger partial charge in [0, 0.05) is 6.54 Å². The highest BCUT2D eigenvalue weighted by atomic mass is 16.5. The Balaban J connectivity index is 1.66. The quantitative estimate of drug-likeness (QED) is 0.470. The third-order valence-corrected chi connectivity index (χ3v) is 5.76. The summed E-state index contributed by atoms with van der Waals surface area (Å²) in [4.78, 5) is 26.4. The second-order valence-electron chi connectivity index (χ2n) is 7.88. The number of fused-ring (bicyclic) bond motifs is 1. The minimum Gasteiger partial charge on any atom is -0.497 e. The zero-order chi connectivity index (χ0) is 23.5. The molecule has 4 aromatic rings. The summed E-state index contributed by atoms with van der Waals surface area (Å²) in [5.74, 6) is 0.488. The maximum atomic E-state index is 13.4. The lowest BCUT2D eigenvalue weighted by Crippen LogP contribution is -2.38. The molecule has 8 heteroatoms. The van der Waals surface area contributed by atoms with E-state index in [0.717, 1.165) is 22.7 Å². The molecule has 0 aliphatic rings. The number of rotatable bonds is 7. The smallest absolute Gasteiger partial charge is 0.295 e. The van der Waals surface area contributed by atoms with Gasteiger partial charge in [-0.15, -0.1) is 0 Å². The highest BCUT2D eigenvalue weighted by Gasteiger charge is 2.25. The predicted molar refractivity (Wildman–Crippen MR) is 127 cm³/mol. The van der Waals surface area contributed by atoms with Crippen molar-refractivity contribution in [3.05, 3.63) is 81.9 Å². The van der Waals surface area contributed by atoms with Crippen molar-refractivity contribution in [2.45, 2.75) is 39.8 Å². The summed E-state index contributed by atoms with van der Waals surface area (Å²) in [7, 11) is 1.61. The Kier molecular flexibility index (Phi) is 6.26. The molecule has 1 amide bonds. The van der Waals surface area contributed by atoms with E-state index < -0.39 is 6.04 Å². The van der Waals surface area contributed by atoms with Gasteiger partial charge in [0.1, 0.15) is 11.8 Å².